The van der Waals surface area contributed by atoms with E-state index in [1.165, 1.54) is 10.9 Å². The van der Waals surface area contributed by atoms with Crippen LogP contribution in [0.3, 0.4) is 0 Å². The smallest absolute Gasteiger partial charge is 0.276 e. The molecule has 0 radical (unpaired) electrons. The van der Waals surface area contributed by atoms with Crippen LogP contribution in [-0.4, -0.2) is 76.4 Å². The van der Waals surface area contributed by atoms with Gasteiger partial charge in [-0.25, -0.2) is 17.2 Å². The number of carbonyl (C=O) groups excluding carboxylic acids is 1. The Hall–Kier alpha value is -1.62. The van der Waals surface area contributed by atoms with E-state index in [0.717, 1.165) is 23.4 Å². The Morgan fingerprint density at radius 1 is 1.38 bits per heavy atom. The summed E-state index contributed by atoms with van der Waals surface area (Å²) in [6.45, 7) is 0.443. The van der Waals surface area contributed by atoms with Crippen LogP contribution in [0.4, 0.5) is 8.78 Å². The molecule has 2 saturated heterocycles. The SMILES string of the molecule is CS(=O)(=O)N1CC(F)(F)C[C@H]1Cn1cc(C(=O)N2CCCC2)nn1. The van der Waals surface area contributed by atoms with Crippen molar-refractivity contribution in [2.75, 3.05) is 25.9 Å². The Kier molecular flexibility index (Phi) is 4.32. The van der Waals surface area contributed by atoms with Crippen LogP contribution in [-0.2, 0) is 16.6 Å². The molecule has 3 rings (SSSR count). The molecule has 0 aliphatic carbocycles. The highest BCUT2D eigenvalue weighted by molar-refractivity contribution is 7.88. The van der Waals surface area contributed by atoms with Gasteiger partial charge in [-0.05, 0) is 12.8 Å². The van der Waals surface area contributed by atoms with E-state index in [-0.39, 0.29) is 18.1 Å². The van der Waals surface area contributed by atoms with Crippen LogP contribution in [0.25, 0.3) is 0 Å². The van der Waals surface area contributed by atoms with Crippen LogP contribution in [0.5, 0.6) is 0 Å². The monoisotopic (exact) mass is 363 g/mol. The first-order chi connectivity index (χ1) is 11.2. The lowest BCUT2D eigenvalue weighted by Crippen LogP contribution is -2.38. The number of hydrogen-bond donors (Lipinski definition) is 0. The van der Waals surface area contributed by atoms with E-state index in [1.807, 2.05) is 0 Å². The van der Waals surface area contributed by atoms with Crippen molar-refractivity contribution >= 4 is 15.9 Å². The fourth-order valence-corrected chi connectivity index (χ4v) is 4.30. The van der Waals surface area contributed by atoms with Crippen molar-refractivity contribution in [2.45, 2.75) is 37.8 Å². The molecule has 0 unspecified atom stereocenters. The molecule has 134 valence electrons. The van der Waals surface area contributed by atoms with Gasteiger partial charge in [0.15, 0.2) is 5.69 Å². The van der Waals surface area contributed by atoms with Crippen molar-refractivity contribution in [3.63, 3.8) is 0 Å². The molecule has 2 aliphatic heterocycles. The predicted molar refractivity (Wildman–Crippen MR) is 80.1 cm³/mol. The molecule has 2 fully saturated rings. The number of carbonyl (C=O) groups is 1. The van der Waals surface area contributed by atoms with Gasteiger partial charge in [0, 0.05) is 19.5 Å². The van der Waals surface area contributed by atoms with Crippen molar-refractivity contribution in [2.24, 2.45) is 0 Å². The van der Waals surface area contributed by atoms with Crippen molar-refractivity contribution in [1.82, 2.24) is 24.2 Å². The summed E-state index contributed by atoms with van der Waals surface area (Å²) in [7, 11) is -3.75. The third kappa shape index (κ3) is 3.56. The summed E-state index contributed by atoms with van der Waals surface area (Å²) in [4.78, 5) is 13.9. The third-order valence-corrected chi connectivity index (χ3v) is 5.58. The Bertz CT molecular complexity index is 730. The zero-order valence-electron chi connectivity index (χ0n) is 13.2. The lowest BCUT2D eigenvalue weighted by molar-refractivity contribution is 0.0168. The van der Waals surface area contributed by atoms with Crippen molar-refractivity contribution in [3.8, 4) is 0 Å². The van der Waals surface area contributed by atoms with Crippen LogP contribution in [0, 0.1) is 0 Å². The minimum atomic E-state index is -3.75. The van der Waals surface area contributed by atoms with Crippen LogP contribution in [0.2, 0.25) is 0 Å². The first kappa shape index (κ1) is 17.2. The molecule has 2 aliphatic rings. The third-order valence-electron chi connectivity index (χ3n) is 4.30. The molecule has 1 aromatic rings. The van der Waals surface area contributed by atoms with E-state index in [2.05, 4.69) is 10.3 Å². The zero-order valence-corrected chi connectivity index (χ0v) is 14.0. The molecular weight excluding hydrogens is 344 g/mol. The quantitative estimate of drug-likeness (QED) is 0.762. The van der Waals surface area contributed by atoms with Gasteiger partial charge in [-0.2, -0.15) is 4.31 Å². The molecule has 1 atom stereocenters. The molecule has 8 nitrogen and oxygen atoms in total. The summed E-state index contributed by atoms with van der Waals surface area (Å²) in [5.41, 5.74) is 0.146. The largest absolute Gasteiger partial charge is 0.337 e. The number of likely N-dealkylation sites (tertiary alicyclic amines) is 1. The number of aromatic nitrogens is 3. The molecule has 1 aromatic heterocycles. The molecule has 0 bridgehead atoms. The van der Waals surface area contributed by atoms with Gasteiger partial charge >= 0.3 is 0 Å². The zero-order chi connectivity index (χ0) is 17.5. The molecule has 0 aromatic carbocycles. The number of halogens is 2. The minimum absolute atomic E-state index is 0.0665. The van der Waals surface area contributed by atoms with Crippen molar-refractivity contribution < 1.29 is 22.0 Å². The van der Waals surface area contributed by atoms with Gasteiger partial charge in [-0.1, -0.05) is 5.21 Å². The van der Waals surface area contributed by atoms with Crippen LogP contribution < -0.4 is 0 Å². The predicted octanol–water partition coefficient (Wildman–Crippen LogP) is 0.183. The molecule has 0 spiro atoms. The standard InChI is InChI=1S/C13H19F2N5O3S/c1-24(22,23)20-9-13(14,15)6-10(20)7-19-8-11(16-17-19)12(21)18-4-2-3-5-18/h8,10H,2-7,9H2,1H3/t10-/m0/s1. The average molecular weight is 363 g/mol. The lowest BCUT2D eigenvalue weighted by Gasteiger charge is -2.20. The van der Waals surface area contributed by atoms with Gasteiger partial charge < -0.3 is 4.90 Å². The Morgan fingerprint density at radius 2 is 2.04 bits per heavy atom. The number of alkyl halides is 2. The Labute approximate surface area is 138 Å². The first-order valence-corrected chi connectivity index (χ1v) is 9.55. The molecule has 24 heavy (non-hydrogen) atoms. The van der Waals surface area contributed by atoms with E-state index in [0.29, 0.717) is 13.1 Å². The highest BCUT2D eigenvalue weighted by atomic mass is 32.2. The maximum Gasteiger partial charge on any atom is 0.276 e. The molecule has 0 saturated carbocycles. The summed E-state index contributed by atoms with van der Waals surface area (Å²) in [6.07, 6.45) is 3.61. The van der Waals surface area contributed by atoms with Crippen LogP contribution in [0.15, 0.2) is 6.20 Å². The summed E-state index contributed by atoms with van der Waals surface area (Å²) < 4.78 is 52.6. The van der Waals surface area contributed by atoms with E-state index in [1.54, 1.807) is 4.90 Å². The van der Waals surface area contributed by atoms with Gasteiger partial charge in [0.1, 0.15) is 0 Å². The highest BCUT2D eigenvalue weighted by Crippen LogP contribution is 2.34. The van der Waals surface area contributed by atoms with E-state index >= 15 is 0 Å². The molecule has 1 amide bonds. The van der Waals surface area contributed by atoms with Gasteiger partial charge in [0.05, 0.1) is 31.6 Å². The average Bonchev–Trinajstić information content (AvgIpc) is 3.17. The number of rotatable bonds is 4. The van der Waals surface area contributed by atoms with Crippen molar-refractivity contribution in [1.29, 1.82) is 0 Å². The minimum Gasteiger partial charge on any atom is -0.337 e. The molecule has 0 N–H and O–H groups in total. The number of hydrogen-bond acceptors (Lipinski definition) is 5. The second-order valence-electron chi connectivity index (χ2n) is 6.35. The number of amides is 1. The molecular formula is C13H19F2N5O3S. The summed E-state index contributed by atoms with van der Waals surface area (Å²) >= 11 is 0. The Balaban J connectivity index is 1.72. The highest BCUT2D eigenvalue weighted by Gasteiger charge is 2.48. The van der Waals surface area contributed by atoms with E-state index in [9.17, 15) is 22.0 Å². The molecule has 11 heteroatoms. The lowest BCUT2D eigenvalue weighted by atomic mass is 10.2. The Morgan fingerprint density at radius 3 is 2.67 bits per heavy atom. The fourth-order valence-electron chi connectivity index (χ4n) is 3.20. The maximum atomic E-state index is 13.6. The van der Waals surface area contributed by atoms with Gasteiger partial charge in [-0.3, -0.25) is 9.48 Å². The maximum absolute atomic E-state index is 13.6. The number of sulfonamides is 1. The number of nitrogens with zero attached hydrogens (tertiary/aromatic N) is 5. The topological polar surface area (TPSA) is 88.4 Å². The summed E-state index contributed by atoms with van der Waals surface area (Å²) in [6, 6.07) is -0.911. The summed E-state index contributed by atoms with van der Waals surface area (Å²) in [5, 5.41) is 7.58. The van der Waals surface area contributed by atoms with Gasteiger partial charge in [-0.15, -0.1) is 5.10 Å². The normalized spacial score (nSPS) is 24.6. The van der Waals surface area contributed by atoms with Gasteiger partial charge in [0.25, 0.3) is 11.8 Å². The van der Waals surface area contributed by atoms with Crippen molar-refractivity contribution in [3.05, 3.63) is 11.9 Å². The summed E-state index contributed by atoms with van der Waals surface area (Å²) in [5.74, 6) is -3.31. The molecule has 3 heterocycles. The van der Waals surface area contributed by atoms with Crippen LogP contribution >= 0.6 is 0 Å². The van der Waals surface area contributed by atoms with Crippen LogP contribution in [0.1, 0.15) is 29.8 Å². The fraction of sp³-hybridized carbons (Fsp3) is 0.769. The first-order valence-electron chi connectivity index (χ1n) is 7.70. The van der Waals surface area contributed by atoms with E-state index < -0.39 is 35.0 Å². The van der Waals surface area contributed by atoms with E-state index in [4.69, 9.17) is 0 Å². The second kappa shape index (κ2) is 6.03. The van der Waals surface area contributed by atoms with Gasteiger partial charge in [0.2, 0.25) is 10.0 Å². The second-order valence-corrected chi connectivity index (χ2v) is 8.28.